The van der Waals surface area contributed by atoms with Crippen LogP contribution in [-0.4, -0.2) is 44.2 Å². The Kier molecular flexibility index (Phi) is 4.59. The van der Waals surface area contributed by atoms with Crippen molar-refractivity contribution in [1.29, 1.82) is 0 Å². The Morgan fingerprint density at radius 1 is 1.13 bits per heavy atom. The van der Waals surface area contributed by atoms with Gasteiger partial charge in [0, 0.05) is 18.0 Å². The number of nitrogens with one attached hydrogen (secondary N) is 1. The first-order chi connectivity index (χ1) is 11.1. The van der Waals surface area contributed by atoms with Crippen molar-refractivity contribution in [3.63, 3.8) is 0 Å². The van der Waals surface area contributed by atoms with Crippen LogP contribution in [0, 0.1) is 0 Å². The number of nitrogens with zero attached hydrogens (tertiary/aromatic N) is 2. The second-order valence-corrected chi connectivity index (χ2v) is 6.69. The van der Waals surface area contributed by atoms with Crippen LogP contribution in [0.2, 0.25) is 0 Å². The van der Waals surface area contributed by atoms with Gasteiger partial charge in [-0.25, -0.2) is 0 Å². The monoisotopic (exact) mass is 327 g/mol. The molecular formula is C18H21N3OS. The SMILES string of the molecule is CSc1ccc2c(c1)Nc1ccccc1C(=O)N2CCN(C)C. The summed E-state index contributed by atoms with van der Waals surface area (Å²) in [6.45, 7) is 1.48. The van der Waals surface area contributed by atoms with Crippen molar-refractivity contribution in [2.75, 3.05) is 43.7 Å². The summed E-state index contributed by atoms with van der Waals surface area (Å²) in [6.07, 6.45) is 2.06. The van der Waals surface area contributed by atoms with Crippen LogP contribution in [0.5, 0.6) is 0 Å². The number of rotatable bonds is 4. The molecule has 2 aromatic rings. The van der Waals surface area contributed by atoms with Gasteiger partial charge < -0.3 is 15.1 Å². The molecule has 1 heterocycles. The summed E-state index contributed by atoms with van der Waals surface area (Å²) in [5.74, 6) is 0.0469. The third-order valence-electron chi connectivity index (χ3n) is 3.94. The Morgan fingerprint density at radius 2 is 1.91 bits per heavy atom. The summed E-state index contributed by atoms with van der Waals surface area (Å²) in [5, 5.41) is 3.44. The minimum atomic E-state index is 0.0469. The summed E-state index contributed by atoms with van der Waals surface area (Å²) in [4.78, 5) is 18.2. The molecular weight excluding hydrogens is 306 g/mol. The highest BCUT2D eigenvalue weighted by atomic mass is 32.2. The van der Waals surface area contributed by atoms with Crippen molar-refractivity contribution in [3.8, 4) is 0 Å². The van der Waals surface area contributed by atoms with Crippen LogP contribution in [0.25, 0.3) is 0 Å². The second kappa shape index (κ2) is 6.64. The van der Waals surface area contributed by atoms with Crippen molar-refractivity contribution in [1.82, 2.24) is 4.90 Å². The molecule has 5 heteroatoms. The van der Waals surface area contributed by atoms with E-state index < -0.39 is 0 Å². The van der Waals surface area contributed by atoms with Gasteiger partial charge in [0.1, 0.15) is 0 Å². The molecule has 0 saturated carbocycles. The minimum Gasteiger partial charge on any atom is -0.353 e. The number of hydrogen-bond donors (Lipinski definition) is 1. The van der Waals surface area contributed by atoms with Gasteiger partial charge in [-0.15, -0.1) is 11.8 Å². The van der Waals surface area contributed by atoms with E-state index in [1.165, 1.54) is 4.90 Å². The number of fused-ring (bicyclic) bond motifs is 2. The Hall–Kier alpha value is -1.98. The van der Waals surface area contributed by atoms with E-state index in [0.29, 0.717) is 12.1 Å². The number of carbonyl (C=O) groups is 1. The van der Waals surface area contributed by atoms with E-state index in [-0.39, 0.29) is 5.91 Å². The summed E-state index contributed by atoms with van der Waals surface area (Å²) in [6, 6.07) is 13.9. The van der Waals surface area contributed by atoms with Crippen molar-refractivity contribution >= 4 is 34.7 Å². The number of thioether (sulfide) groups is 1. The first kappa shape index (κ1) is 15.9. The number of anilines is 3. The minimum absolute atomic E-state index is 0.0469. The fourth-order valence-electron chi connectivity index (χ4n) is 2.68. The Labute approximate surface area is 141 Å². The summed E-state index contributed by atoms with van der Waals surface area (Å²) in [7, 11) is 4.04. The molecule has 1 N–H and O–H groups in total. The third-order valence-corrected chi connectivity index (χ3v) is 4.66. The lowest BCUT2D eigenvalue weighted by atomic mass is 10.1. The Bertz CT molecular complexity index is 730. The van der Waals surface area contributed by atoms with Gasteiger partial charge in [-0.05, 0) is 50.7 Å². The average molecular weight is 327 g/mol. The van der Waals surface area contributed by atoms with Gasteiger partial charge >= 0.3 is 0 Å². The molecule has 1 aliphatic heterocycles. The molecule has 1 amide bonds. The number of benzene rings is 2. The molecule has 0 spiro atoms. The number of para-hydroxylation sites is 1. The molecule has 0 saturated heterocycles. The molecule has 0 bridgehead atoms. The lowest BCUT2D eigenvalue weighted by molar-refractivity contribution is 0.0986. The first-order valence-electron chi connectivity index (χ1n) is 7.61. The number of carbonyl (C=O) groups excluding carboxylic acids is 1. The number of amides is 1. The van der Waals surface area contributed by atoms with Gasteiger partial charge in [0.15, 0.2) is 0 Å². The van der Waals surface area contributed by atoms with Crippen molar-refractivity contribution < 1.29 is 4.79 Å². The first-order valence-corrected chi connectivity index (χ1v) is 8.83. The maximum absolute atomic E-state index is 13.0. The van der Waals surface area contributed by atoms with E-state index in [4.69, 9.17) is 0 Å². The molecule has 0 atom stereocenters. The molecule has 0 unspecified atom stereocenters. The largest absolute Gasteiger partial charge is 0.353 e. The maximum atomic E-state index is 13.0. The van der Waals surface area contributed by atoms with Crippen LogP contribution in [0.1, 0.15) is 10.4 Å². The van der Waals surface area contributed by atoms with Gasteiger partial charge in [-0.1, -0.05) is 12.1 Å². The zero-order chi connectivity index (χ0) is 16.4. The predicted octanol–water partition coefficient (Wildman–Crippen LogP) is 3.67. The van der Waals surface area contributed by atoms with Crippen LogP contribution in [-0.2, 0) is 0 Å². The summed E-state index contributed by atoms with van der Waals surface area (Å²) < 4.78 is 0. The van der Waals surface area contributed by atoms with E-state index in [1.54, 1.807) is 11.8 Å². The molecule has 0 aliphatic carbocycles. The fraction of sp³-hybridized carbons (Fsp3) is 0.278. The highest BCUT2D eigenvalue weighted by Gasteiger charge is 2.26. The Balaban J connectivity index is 2.09. The standard InChI is InChI=1S/C18H21N3OS/c1-20(2)10-11-21-17-9-8-13(23-3)12-16(17)19-15-7-5-4-6-14(15)18(21)22/h4-9,12,19H,10-11H2,1-3H3. The number of likely N-dealkylation sites (N-methyl/N-ethyl adjacent to an activating group) is 1. The van der Waals surface area contributed by atoms with Gasteiger partial charge in [0.05, 0.1) is 22.6 Å². The van der Waals surface area contributed by atoms with Crippen LogP contribution in [0.4, 0.5) is 17.1 Å². The van der Waals surface area contributed by atoms with Gasteiger partial charge in [-0.2, -0.15) is 0 Å². The quantitative estimate of drug-likeness (QED) is 0.869. The summed E-state index contributed by atoms with van der Waals surface area (Å²) in [5.41, 5.74) is 3.50. The lowest BCUT2D eigenvalue weighted by Crippen LogP contribution is -2.36. The molecule has 120 valence electrons. The van der Waals surface area contributed by atoms with E-state index in [2.05, 4.69) is 28.6 Å². The Morgan fingerprint density at radius 3 is 2.65 bits per heavy atom. The van der Waals surface area contributed by atoms with Crippen molar-refractivity contribution in [2.24, 2.45) is 0 Å². The fourth-order valence-corrected chi connectivity index (χ4v) is 3.12. The van der Waals surface area contributed by atoms with E-state index in [0.717, 1.165) is 23.6 Å². The third kappa shape index (κ3) is 3.21. The normalized spacial score (nSPS) is 13.4. The van der Waals surface area contributed by atoms with E-state index in [1.807, 2.05) is 49.3 Å². The summed E-state index contributed by atoms with van der Waals surface area (Å²) >= 11 is 1.70. The predicted molar refractivity (Wildman–Crippen MR) is 98.2 cm³/mol. The van der Waals surface area contributed by atoms with Crippen molar-refractivity contribution in [3.05, 3.63) is 48.0 Å². The van der Waals surface area contributed by atoms with Crippen LogP contribution >= 0.6 is 11.8 Å². The maximum Gasteiger partial charge on any atom is 0.260 e. The van der Waals surface area contributed by atoms with Gasteiger partial charge in [-0.3, -0.25) is 4.79 Å². The molecule has 1 aliphatic rings. The molecule has 0 radical (unpaired) electrons. The molecule has 23 heavy (non-hydrogen) atoms. The zero-order valence-corrected chi connectivity index (χ0v) is 14.5. The number of hydrogen-bond acceptors (Lipinski definition) is 4. The van der Waals surface area contributed by atoms with Crippen LogP contribution < -0.4 is 10.2 Å². The van der Waals surface area contributed by atoms with E-state index >= 15 is 0 Å². The molecule has 3 rings (SSSR count). The molecule has 0 aromatic heterocycles. The van der Waals surface area contributed by atoms with Gasteiger partial charge in [0.2, 0.25) is 0 Å². The highest BCUT2D eigenvalue weighted by molar-refractivity contribution is 7.98. The lowest BCUT2D eigenvalue weighted by Gasteiger charge is -2.24. The topological polar surface area (TPSA) is 35.6 Å². The smallest absolute Gasteiger partial charge is 0.260 e. The highest BCUT2D eigenvalue weighted by Crippen LogP contribution is 2.37. The van der Waals surface area contributed by atoms with E-state index in [9.17, 15) is 4.79 Å². The zero-order valence-electron chi connectivity index (χ0n) is 13.7. The van der Waals surface area contributed by atoms with Crippen LogP contribution in [0.15, 0.2) is 47.4 Å². The van der Waals surface area contributed by atoms with Crippen LogP contribution in [0.3, 0.4) is 0 Å². The second-order valence-electron chi connectivity index (χ2n) is 5.81. The molecule has 2 aromatic carbocycles. The van der Waals surface area contributed by atoms with Gasteiger partial charge in [0.25, 0.3) is 5.91 Å². The molecule has 0 fully saturated rings. The average Bonchev–Trinajstić information content (AvgIpc) is 2.66. The molecule has 4 nitrogen and oxygen atoms in total. The van der Waals surface area contributed by atoms with Crippen molar-refractivity contribution in [2.45, 2.75) is 4.90 Å².